The SMILES string of the molecule is C[C@H](Sc1nnc(-c2ccccc2)c2ccccc12)C(=O)NC[C@H]1CCCO1. The van der Waals surface area contributed by atoms with Crippen molar-refractivity contribution >= 4 is 28.4 Å². The van der Waals surface area contributed by atoms with Crippen LogP contribution in [0, 0.1) is 0 Å². The maximum atomic E-state index is 12.5. The van der Waals surface area contributed by atoms with Crippen molar-refractivity contribution in [2.24, 2.45) is 0 Å². The van der Waals surface area contributed by atoms with Crippen molar-refractivity contribution in [2.45, 2.75) is 36.1 Å². The van der Waals surface area contributed by atoms with Gasteiger partial charge in [-0.05, 0) is 19.8 Å². The Bertz CT molecular complexity index is 958. The molecule has 1 amide bonds. The Balaban J connectivity index is 1.53. The molecule has 3 aromatic rings. The number of fused-ring (bicyclic) bond motifs is 1. The Labute approximate surface area is 168 Å². The number of benzene rings is 2. The Hall–Kier alpha value is -2.44. The van der Waals surface area contributed by atoms with E-state index in [0.29, 0.717) is 6.54 Å². The van der Waals surface area contributed by atoms with Crippen molar-refractivity contribution in [1.29, 1.82) is 0 Å². The van der Waals surface area contributed by atoms with Crippen LogP contribution in [0.5, 0.6) is 0 Å². The fraction of sp³-hybridized carbons (Fsp3) is 0.318. The summed E-state index contributed by atoms with van der Waals surface area (Å²) in [6.45, 7) is 3.26. The number of thioether (sulfide) groups is 1. The Morgan fingerprint density at radius 2 is 1.89 bits per heavy atom. The summed E-state index contributed by atoms with van der Waals surface area (Å²) in [6.07, 6.45) is 2.23. The molecule has 2 heterocycles. The molecular formula is C22H23N3O2S. The lowest BCUT2D eigenvalue weighted by atomic mass is 10.1. The van der Waals surface area contributed by atoms with E-state index >= 15 is 0 Å². The first-order chi connectivity index (χ1) is 13.7. The first kappa shape index (κ1) is 18.9. The zero-order valence-electron chi connectivity index (χ0n) is 15.8. The molecule has 1 aliphatic heterocycles. The highest BCUT2D eigenvalue weighted by Crippen LogP contribution is 2.33. The molecule has 1 aliphatic rings. The largest absolute Gasteiger partial charge is 0.376 e. The van der Waals surface area contributed by atoms with Gasteiger partial charge in [0.15, 0.2) is 0 Å². The predicted octanol–water partition coefficient (Wildman–Crippen LogP) is 4.07. The number of carbonyl (C=O) groups excluding carboxylic acids is 1. The zero-order valence-corrected chi connectivity index (χ0v) is 16.6. The van der Waals surface area contributed by atoms with E-state index in [9.17, 15) is 4.79 Å². The standard InChI is InChI=1S/C22H23N3O2S/c1-15(21(26)23-14-17-10-7-13-27-17)28-22-19-12-6-5-11-18(19)20(24-25-22)16-8-3-2-4-9-16/h2-6,8-9,11-12,15,17H,7,10,13-14H2,1H3,(H,23,26)/t15-,17+/m0/s1. The fourth-order valence-electron chi connectivity index (χ4n) is 3.36. The lowest BCUT2D eigenvalue weighted by Crippen LogP contribution is -2.36. The molecule has 0 saturated carbocycles. The molecule has 0 aliphatic carbocycles. The number of nitrogens with one attached hydrogen (secondary N) is 1. The zero-order chi connectivity index (χ0) is 19.3. The van der Waals surface area contributed by atoms with Gasteiger partial charge in [-0.1, -0.05) is 66.4 Å². The quantitative estimate of drug-likeness (QED) is 0.640. The summed E-state index contributed by atoms with van der Waals surface area (Å²) in [5.41, 5.74) is 1.89. The second kappa shape index (κ2) is 8.71. The summed E-state index contributed by atoms with van der Waals surface area (Å²) >= 11 is 1.44. The average Bonchev–Trinajstić information content (AvgIpc) is 3.26. The first-order valence-corrected chi connectivity index (χ1v) is 10.5. The Morgan fingerprint density at radius 3 is 2.64 bits per heavy atom. The van der Waals surface area contributed by atoms with Gasteiger partial charge in [0.2, 0.25) is 5.91 Å². The van der Waals surface area contributed by atoms with Crippen molar-refractivity contribution in [1.82, 2.24) is 15.5 Å². The van der Waals surface area contributed by atoms with Crippen molar-refractivity contribution in [3.63, 3.8) is 0 Å². The van der Waals surface area contributed by atoms with Crippen LogP contribution < -0.4 is 5.32 Å². The van der Waals surface area contributed by atoms with Crippen LogP contribution in [0.4, 0.5) is 0 Å². The molecule has 5 nitrogen and oxygen atoms in total. The molecule has 1 aromatic heterocycles. The highest BCUT2D eigenvalue weighted by Gasteiger charge is 2.21. The topological polar surface area (TPSA) is 64.1 Å². The summed E-state index contributed by atoms with van der Waals surface area (Å²) in [7, 11) is 0. The second-order valence-corrected chi connectivity index (χ2v) is 8.24. The monoisotopic (exact) mass is 393 g/mol. The van der Waals surface area contributed by atoms with Crippen LogP contribution in [0.25, 0.3) is 22.0 Å². The number of hydrogen-bond acceptors (Lipinski definition) is 5. The van der Waals surface area contributed by atoms with Crippen LogP contribution in [0.2, 0.25) is 0 Å². The predicted molar refractivity (Wildman–Crippen MR) is 112 cm³/mol. The molecule has 144 valence electrons. The number of ether oxygens (including phenoxy) is 1. The van der Waals surface area contributed by atoms with Gasteiger partial charge >= 0.3 is 0 Å². The van der Waals surface area contributed by atoms with Crippen LogP contribution in [-0.2, 0) is 9.53 Å². The third-order valence-corrected chi connectivity index (χ3v) is 5.98. The van der Waals surface area contributed by atoms with Crippen LogP contribution >= 0.6 is 11.8 Å². The van der Waals surface area contributed by atoms with Gasteiger partial charge in [-0.25, -0.2) is 0 Å². The smallest absolute Gasteiger partial charge is 0.233 e. The summed E-state index contributed by atoms with van der Waals surface area (Å²) < 4.78 is 5.57. The Morgan fingerprint density at radius 1 is 1.14 bits per heavy atom. The summed E-state index contributed by atoms with van der Waals surface area (Å²) in [5, 5.41) is 14.5. The minimum atomic E-state index is -0.262. The average molecular weight is 394 g/mol. The second-order valence-electron chi connectivity index (χ2n) is 6.91. The maximum Gasteiger partial charge on any atom is 0.233 e. The number of aromatic nitrogens is 2. The van der Waals surface area contributed by atoms with Gasteiger partial charge in [0, 0.05) is 29.5 Å². The van der Waals surface area contributed by atoms with Gasteiger partial charge in [-0.3, -0.25) is 4.79 Å². The van der Waals surface area contributed by atoms with E-state index in [1.165, 1.54) is 11.8 Å². The molecule has 4 rings (SSSR count). The van der Waals surface area contributed by atoms with Crippen molar-refractivity contribution in [3.05, 3.63) is 54.6 Å². The minimum absolute atomic E-state index is 0.00137. The molecule has 1 N–H and O–H groups in total. The van der Waals surface area contributed by atoms with Crippen LogP contribution in [0.1, 0.15) is 19.8 Å². The molecule has 0 radical (unpaired) electrons. The Kier molecular flexibility index (Phi) is 5.88. The van der Waals surface area contributed by atoms with E-state index in [-0.39, 0.29) is 17.3 Å². The molecule has 2 aromatic carbocycles. The molecule has 1 saturated heterocycles. The molecule has 0 bridgehead atoms. The highest BCUT2D eigenvalue weighted by atomic mass is 32.2. The van der Waals surface area contributed by atoms with E-state index < -0.39 is 0 Å². The van der Waals surface area contributed by atoms with Gasteiger partial charge in [-0.2, -0.15) is 0 Å². The highest BCUT2D eigenvalue weighted by molar-refractivity contribution is 8.00. The van der Waals surface area contributed by atoms with E-state index in [0.717, 1.165) is 46.5 Å². The normalized spacial score (nSPS) is 17.5. The molecule has 0 unspecified atom stereocenters. The van der Waals surface area contributed by atoms with Gasteiger partial charge in [0.05, 0.1) is 11.4 Å². The molecule has 2 atom stereocenters. The van der Waals surface area contributed by atoms with Crippen molar-refractivity contribution in [2.75, 3.05) is 13.2 Å². The number of carbonyl (C=O) groups is 1. The van der Waals surface area contributed by atoms with Crippen molar-refractivity contribution in [3.8, 4) is 11.3 Å². The number of rotatable bonds is 6. The number of amides is 1. The van der Waals surface area contributed by atoms with E-state index in [1.54, 1.807) is 0 Å². The van der Waals surface area contributed by atoms with Gasteiger partial charge in [0.1, 0.15) is 10.7 Å². The van der Waals surface area contributed by atoms with Gasteiger partial charge < -0.3 is 10.1 Å². The molecule has 28 heavy (non-hydrogen) atoms. The van der Waals surface area contributed by atoms with Crippen molar-refractivity contribution < 1.29 is 9.53 Å². The first-order valence-electron chi connectivity index (χ1n) is 9.59. The molecular weight excluding hydrogens is 370 g/mol. The van der Waals surface area contributed by atoms with E-state index in [4.69, 9.17) is 4.74 Å². The third-order valence-electron chi connectivity index (χ3n) is 4.89. The fourth-order valence-corrected chi connectivity index (χ4v) is 4.28. The van der Waals surface area contributed by atoms with E-state index in [1.807, 2.05) is 55.5 Å². The van der Waals surface area contributed by atoms with E-state index in [2.05, 4.69) is 21.6 Å². The molecule has 0 spiro atoms. The minimum Gasteiger partial charge on any atom is -0.376 e. The number of nitrogens with zero attached hydrogens (tertiary/aromatic N) is 2. The lowest BCUT2D eigenvalue weighted by Gasteiger charge is -2.15. The van der Waals surface area contributed by atoms with Crippen LogP contribution in [0.3, 0.4) is 0 Å². The molecule has 1 fully saturated rings. The summed E-state index contributed by atoms with van der Waals surface area (Å²) in [6, 6.07) is 18.1. The third kappa shape index (κ3) is 4.18. The summed E-state index contributed by atoms with van der Waals surface area (Å²) in [5.74, 6) is -0.00137. The van der Waals surface area contributed by atoms with Gasteiger partial charge in [0.25, 0.3) is 0 Å². The lowest BCUT2D eigenvalue weighted by molar-refractivity contribution is -0.120. The van der Waals surface area contributed by atoms with Gasteiger partial charge in [-0.15, -0.1) is 10.2 Å². The maximum absolute atomic E-state index is 12.5. The van der Waals surface area contributed by atoms with Crippen LogP contribution in [-0.4, -0.2) is 40.6 Å². The molecule has 6 heteroatoms. The van der Waals surface area contributed by atoms with Crippen LogP contribution in [0.15, 0.2) is 59.6 Å². The number of hydrogen-bond donors (Lipinski definition) is 1. The summed E-state index contributed by atoms with van der Waals surface area (Å²) in [4.78, 5) is 12.5.